The highest BCUT2D eigenvalue weighted by Gasteiger charge is 2.35. The average molecular weight is 457 g/mol. The summed E-state index contributed by atoms with van der Waals surface area (Å²) in [5.41, 5.74) is -1.08. The Balaban J connectivity index is 1.93. The van der Waals surface area contributed by atoms with Gasteiger partial charge in [-0.15, -0.1) is 0 Å². The Morgan fingerprint density at radius 3 is 2.53 bits per heavy atom. The van der Waals surface area contributed by atoms with Gasteiger partial charge in [0.25, 0.3) is 0 Å². The summed E-state index contributed by atoms with van der Waals surface area (Å²) in [6, 6.07) is 6.83. The monoisotopic (exact) mass is 456 g/mol. The van der Waals surface area contributed by atoms with Crippen LogP contribution in [0.3, 0.4) is 0 Å². The number of halogens is 5. The molecule has 10 heteroatoms. The van der Waals surface area contributed by atoms with Gasteiger partial charge in [-0.2, -0.15) is 13.2 Å². The third-order valence-electron chi connectivity index (χ3n) is 4.88. The molecule has 2 aromatic heterocycles. The third kappa shape index (κ3) is 3.45. The first kappa shape index (κ1) is 20.7. The molecule has 0 N–H and O–H groups in total. The van der Waals surface area contributed by atoms with Crippen molar-refractivity contribution in [3.8, 4) is 0 Å². The largest absolute Gasteiger partial charge is 0.417 e. The molecule has 0 spiro atoms. The first-order valence-corrected chi connectivity index (χ1v) is 10.8. The van der Waals surface area contributed by atoms with Crippen LogP contribution in [0.1, 0.15) is 29.4 Å². The molecule has 0 aliphatic heterocycles. The third-order valence-corrected chi connectivity index (χ3v) is 6.85. The van der Waals surface area contributed by atoms with Crippen molar-refractivity contribution in [3.05, 3.63) is 64.1 Å². The molecule has 0 atom stereocenters. The van der Waals surface area contributed by atoms with Crippen LogP contribution in [0.15, 0.2) is 41.4 Å². The zero-order valence-corrected chi connectivity index (χ0v) is 17.0. The molecule has 1 aliphatic rings. The number of fused-ring (bicyclic) bond motifs is 2. The molecule has 2 heterocycles. The molecule has 0 bridgehead atoms. The van der Waals surface area contributed by atoms with Crippen LogP contribution < -0.4 is 0 Å². The lowest BCUT2D eigenvalue weighted by Gasteiger charge is -2.12. The first-order chi connectivity index (χ1) is 14.0. The van der Waals surface area contributed by atoms with Crippen molar-refractivity contribution in [2.45, 2.75) is 24.4 Å². The molecule has 1 aliphatic carbocycles. The van der Waals surface area contributed by atoms with Crippen molar-refractivity contribution in [1.82, 2.24) is 9.97 Å². The SMILES string of the molecule is CCS(=O)(=O)c1cc2cc(Cl)ccc2nc1C1=C(F)c2ncc(C(F)(F)F)cc2C1. The van der Waals surface area contributed by atoms with Gasteiger partial charge in [-0.25, -0.2) is 17.8 Å². The van der Waals surface area contributed by atoms with E-state index in [1.54, 1.807) is 12.1 Å². The minimum atomic E-state index is -4.63. The lowest BCUT2D eigenvalue weighted by molar-refractivity contribution is -0.137. The highest BCUT2D eigenvalue weighted by Crippen LogP contribution is 2.42. The molecule has 4 nitrogen and oxygen atoms in total. The Labute approximate surface area is 174 Å². The number of nitrogens with zero attached hydrogens (tertiary/aromatic N) is 2. The molecule has 3 aromatic rings. The van der Waals surface area contributed by atoms with Gasteiger partial charge in [0.2, 0.25) is 0 Å². The van der Waals surface area contributed by atoms with Crippen molar-refractivity contribution >= 4 is 43.7 Å². The molecule has 4 rings (SSSR count). The molecule has 1 aromatic carbocycles. The maximum atomic E-state index is 15.1. The molecule has 0 fully saturated rings. The number of sulfone groups is 1. The van der Waals surface area contributed by atoms with Crippen molar-refractivity contribution in [2.75, 3.05) is 5.75 Å². The van der Waals surface area contributed by atoms with E-state index in [2.05, 4.69) is 9.97 Å². The van der Waals surface area contributed by atoms with Crippen LogP contribution in [0.4, 0.5) is 17.6 Å². The second kappa shape index (κ2) is 7.02. The van der Waals surface area contributed by atoms with Gasteiger partial charge < -0.3 is 0 Å². The number of hydrogen-bond donors (Lipinski definition) is 0. The van der Waals surface area contributed by atoms with E-state index in [9.17, 15) is 21.6 Å². The first-order valence-electron chi connectivity index (χ1n) is 8.80. The summed E-state index contributed by atoms with van der Waals surface area (Å²) in [5, 5.41) is 0.826. The highest BCUT2D eigenvalue weighted by atomic mass is 35.5. The number of allylic oxidation sites excluding steroid dienone is 1. The van der Waals surface area contributed by atoms with E-state index >= 15 is 4.39 Å². The summed E-state index contributed by atoms with van der Waals surface area (Å²) in [6.45, 7) is 1.44. The van der Waals surface area contributed by atoms with E-state index in [0.29, 0.717) is 22.1 Å². The zero-order valence-electron chi connectivity index (χ0n) is 15.4. The maximum Gasteiger partial charge on any atom is 0.417 e. The van der Waals surface area contributed by atoms with E-state index in [4.69, 9.17) is 11.6 Å². The van der Waals surface area contributed by atoms with Gasteiger partial charge in [0.1, 0.15) is 5.69 Å². The Kier molecular flexibility index (Phi) is 4.85. The number of aromatic nitrogens is 2. The highest BCUT2D eigenvalue weighted by molar-refractivity contribution is 7.91. The van der Waals surface area contributed by atoms with Crippen molar-refractivity contribution in [3.63, 3.8) is 0 Å². The quantitative estimate of drug-likeness (QED) is 0.489. The van der Waals surface area contributed by atoms with E-state index < -0.39 is 27.4 Å². The zero-order chi connectivity index (χ0) is 21.8. The van der Waals surface area contributed by atoms with Crippen molar-refractivity contribution in [1.29, 1.82) is 0 Å². The fourth-order valence-electron chi connectivity index (χ4n) is 3.33. The van der Waals surface area contributed by atoms with Gasteiger partial charge in [0, 0.05) is 28.6 Å². The number of hydrogen-bond acceptors (Lipinski definition) is 4. The van der Waals surface area contributed by atoms with Gasteiger partial charge in [0.05, 0.1) is 27.4 Å². The fraction of sp³-hybridized carbons (Fsp3) is 0.200. The second-order valence-electron chi connectivity index (χ2n) is 6.77. The van der Waals surface area contributed by atoms with Gasteiger partial charge >= 0.3 is 6.18 Å². The van der Waals surface area contributed by atoms with E-state index in [1.807, 2.05) is 0 Å². The lowest BCUT2D eigenvalue weighted by Crippen LogP contribution is -2.09. The van der Waals surface area contributed by atoms with Crippen LogP contribution in [-0.2, 0) is 22.4 Å². The summed E-state index contributed by atoms with van der Waals surface area (Å²) in [7, 11) is -3.82. The average Bonchev–Trinajstić information content (AvgIpc) is 3.02. The van der Waals surface area contributed by atoms with Gasteiger partial charge in [-0.3, -0.25) is 4.98 Å². The molecule has 0 unspecified atom stereocenters. The summed E-state index contributed by atoms with van der Waals surface area (Å²) in [4.78, 5) is 7.75. The maximum absolute atomic E-state index is 15.1. The van der Waals surface area contributed by atoms with Crippen molar-refractivity contribution in [2.24, 2.45) is 0 Å². The molecular weight excluding hydrogens is 444 g/mol. The number of alkyl halides is 3. The summed E-state index contributed by atoms with van der Waals surface area (Å²) >= 11 is 5.98. The van der Waals surface area contributed by atoms with Gasteiger partial charge in [0.15, 0.2) is 15.7 Å². The standard InChI is InChI=1S/C20H13ClF4N2O2S/c1-2-30(28,29)16-8-10-6-13(21)3-4-15(10)27-19(16)14-7-11-5-12(20(23,24)25)9-26-18(11)17(14)22/h3-6,8-9H,2,7H2,1H3. The molecule has 0 saturated carbocycles. The second-order valence-corrected chi connectivity index (χ2v) is 9.46. The summed E-state index contributed by atoms with van der Waals surface area (Å²) < 4.78 is 79.5. The lowest BCUT2D eigenvalue weighted by atomic mass is 10.1. The molecule has 156 valence electrons. The van der Waals surface area contributed by atoms with Crippen LogP contribution in [0.25, 0.3) is 22.3 Å². The minimum Gasteiger partial charge on any atom is -0.253 e. The predicted molar refractivity (Wildman–Crippen MR) is 105 cm³/mol. The van der Waals surface area contributed by atoms with Crippen LogP contribution in [0, 0.1) is 0 Å². The predicted octanol–water partition coefficient (Wildman–Crippen LogP) is 5.49. The minimum absolute atomic E-state index is 0.0233. The Bertz CT molecular complexity index is 1330. The van der Waals surface area contributed by atoms with Crippen LogP contribution in [0.2, 0.25) is 5.02 Å². The Morgan fingerprint density at radius 2 is 1.87 bits per heavy atom. The van der Waals surface area contributed by atoms with Crippen LogP contribution in [-0.4, -0.2) is 24.1 Å². The molecule has 0 radical (unpaired) electrons. The Hall–Kier alpha value is -2.52. The fourth-order valence-corrected chi connectivity index (χ4v) is 4.59. The van der Waals surface area contributed by atoms with Crippen LogP contribution >= 0.6 is 11.6 Å². The number of rotatable bonds is 3. The topological polar surface area (TPSA) is 59.9 Å². The van der Waals surface area contributed by atoms with Gasteiger partial charge in [-0.05, 0) is 35.9 Å². The summed E-state index contributed by atoms with van der Waals surface area (Å²) in [5.74, 6) is -1.14. The van der Waals surface area contributed by atoms with Crippen LogP contribution in [0.5, 0.6) is 0 Å². The molecule has 30 heavy (non-hydrogen) atoms. The summed E-state index contributed by atoms with van der Waals surface area (Å²) in [6.07, 6.45) is -4.32. The molecular formula is C20H13ClF4N2O2S. The van der Waals surface area contributed by atoms with E-state index in [0.717, 1.165) is 6.07 Å². The smallest absolute Gasteiger partial charge is 0.253 e. The molecule has 0 saturated heterocycles. The normalized spacial score (nSPS) is 14.5. The van der Waals surface area contributed by atoms with E-state index in [1.165, 1.54) is 19.1 Å². The van der Waals surface area contributed by atoms with Crippen molar-refractivity contribution < 1.29 is 26.0 Å². The van der Waals surface area contributed by atoms with E-state index in [-0.39, 0.29) is 39.6 Å². The number of benzene rings is 1. The molecule has 0 amide bonds. The van der Waals surface area contributed by atoms with Gasteiger partial charge in [-0.1, -0.05) is 18.5 Å². The Morgan fingerprint density at radius 1 is 1.13 bits per heavy atom. The number of pyridine rings is 2.